The van der Waals surface area contributed by atoms with Crippen LogP contribution in [0.15, 0.2) is 18.2 Å². The van der Waals surface area contributed by atoms with Gasteiger partial charge < -0.3 is 15.4 Å². The molecule has 7 heteroatoms. The van der Waals surface area contributed by atoms with Crippen molar-refractivity contribution in [2.75, 3.05) is 0 Å². The van der Waals surface area contributed by atoms with Gasteiger partial charge in [-0.25, -0.2) is 0 Å². The van der Waals surface area contributed by atoms with Crippen LogP contribution in [0.4, 0.5) is 0 Å². The molecule has 0 spiro atoms. The number of hydrogen-bond donors (Lipinski definition) is 1. The van der Waals surface area contributed by atoms with E-state index >= 15 is 0 Å². The third-order valence-electron chi connectivity index (χ3n) is 3.91. The summed E-state index contributed by atoms with van der Waals surface area (Å²) in [6.07, 6.45) is 0.710. The number of primary amides is 1. The average molecular weight is 346 g/mol. The fourth-order valence-electron chi connectivity index (χ4n) is 2.84. The first kappa shape index (κ1) is 18.6. The molecule has 2 amide bonds. The molecule has 1 aliphatic rings. The van der Waals surface area contributed by atoms with Crippen LogP contribution < -0.4 is 5.73 Å². The van der Waals surface area contributed by atoms with E-state index in [2.05, 4.69) is 0 Å². The summed E-state index contributed by atoms with van der Waals surface area (Å²) in [6.45, 7) is 5.36. The van der Waals surface area contributed by atoms with Gasteiger partial charge in [0.05, 0.1) is 0 Å². The van der Waals surface area contributed by atoms with Gasteiger partial charge in [0.25, 0.3) is 5.91 Å². The summed E-state index contributed by atoms with van der Waals surface area (Å²) < 4.78 is 5.21. The van der Waals surface area contributed by atoms with Crippen LogP contribution in [0.2, 0.25) is 0 Å². The first-order valence-electron chi connectivity index (χ1n) is 8.03. The molecular formula is C18H22N2O5. The Bertz CT molecular complexity index is 721. The highest BCUT2D eigenvalue weighted by molar-refractivity contribution is 6.03. The third-order valence-corrected chi connectivity index (χ3v) is 3.91. The molecule has 1 atom stereocenters. The van der Waals surface area contributed by atoms with Gasteiger partial charge in [0.2, 0.25) is 5.91 Å². The lowest BCUT2D eigenvalue weighted by molar-refractivity contribution is -0.155. The predicted molar refractivity (Wildman–Crippen MR) is 89.8 cm³/mol. The average Bonchev–Trinajstić information content (AvgIpc) is 2.83. The van der Waals surface area contributed by atoms with Gasteiger partial charge in [-0.15, -0.1) is 0 Å². The maximum Gasteiger partial charge on any atom is 0.306 e. The molecule has 2 rings (SSSR count). The highest BCUT2D eigenvalue weighted by Gasteiger charge is 2.36. The van der Waals surface area contributed by atoms with E-state index in [9.17, 15) is 19.2 Å². The molecule has 1 aromatic carbocycles. The number of ether oxygens (including phenoxy) is 1. The summed E-state index contributed by atoms with van der Waals surface area (Å²) in [4.78, 5) is 48.7. The first-order chi connectivity index (χ1) is 11.6. The minimum atomic E-state index is -0.938. The van der Waals surface area contributed by atoms with Crippen molar-refractivity contribution in [2.24, 2.45) is 5.73 Å². The van der Waals surface area contributed by atoms with Gasteiger partial charge in [-0.2, -0.15) is 0 Å². The van der Waals surface area contributed by atoms with E-state index in [1.807, 2.05) is 0 Å². The van der Waals surface area contributed by atoms with Crippen LogP contribution in [-0.4, -0.2) is 40.6 Å². The molecule has 7 nitrogen and oxygen atoms in total. The molecule has 0 radical (unpaired) electrons. The molecule has 2 N–H and O–H groups in total. The van der Waals surface area contributed by atoms with Crippen LogP contribution in [-0.2, 0) is 20.9 Å². The number of carbonyl (C=O) groups excluding carboxylic acids is 4. The molecule has 1 aliphatic heterocycles. The number of aldehydes is 1. The summed E-state index contributed by atoms with van der Waals surface area (Å²) in [5, 5.41) is 0. The van der Waals surface area contributed by atoms with Crippen molar-refractivity contribution in [1.29, 1.82) is 0 Å². The Morgan fingerprint density at radius 2 is 2.04 bits per heavy atom. The van der Waals surface area contributed by atoms with Gasteiger partial charge in [-0.1, -0.05) is 12.1 Å². The number of fused-ring (bicyclic) bond motifs is 1. The number of carbonyl (C=O) groups is 4. The Labute approximate surface area is 146 Å². The normalized spacial score (nSPS) is 14.8. The fourth-order valence-corrected chi connectivity index (χ4v) is 2.84. The number of nitrogens with two attached hydrogens (primary N) is 1. The maximum absolute atomic E-state index is 12.6. The molecule has 0 saturated carbocycles. The number of benzene rings is 1. The molecule has 25 heavy (non-hydrogen) atoms. The van der Waals surface area contributed by atoms with Gasteiger partial charge in [0.1, 0.15) is 17.9 Å². The van der Waals surface area contributed by atoms with Crippen LogP contribution >= 0.6 is 0 Å². The standard InChI is InChI=1S/C18H22N2O5/c1-18(2,3)25-15(22)8-7-14(16(19)23)20-9-13-11(10-21)5-4-6-12(13)17(20)24/h4-6,10,14H,7-9H2,1-3H3,(H2,19,23). The highest BCUT2D eigenvalue weighted by Crippen LogP contribution is 2.28. The smallest absolute Gasteiger partial charge is 0.306 e. The zero-order valence-electron chi connectivity index (χ0n) is 14.6. The zero-order valence-corrected chi connectivity index (χ0v) is 14.6. The van der Waals surface area contributed by atoms with E-state index in [-0.39, 0.29) is 25.3 Å². The Hall–Kier alpha value is -2.70. The second kappa shape index (κ2) is 7.04. The molecule has 134 valence electrons. The summed E-state index contributed by atoms with van der Waals surface area (Å²) in [6, 6.07) is 3.90. The van der Waals surface area contributed by atoms with E-state index in [0.717, 1.165) is 0 Å². The summed E-state index contributed by atoms with van der Waals surface area (Å²) in [5.74, 6) is -1.53. The largest absolute Gasteiger partial charge is 0.460 e. The maximum atomic E-state index is 12.6. The van der Waals surface area contributed by atoms with Crippen molar-refractivity contribution in [3.8, 4) is 0 Å². The van der Waals surface area contributed by atoms with Gasteiger partial charge >= 0.3 is 5.97 Å². The van der Waals surface area contributed by atoms with Gasteiger partial charge in [0, 0.05) is 24.1 Å². The minimum Gasteiger partial charge on any atom is -0.460 e. The second-order valence-corrected chi connectivity index (χ2v) is 6.97. The monoisotopic (exact) mass is 346 g/mol. The van der Waals surface area contributed by atoms with E-state index < -0.39 is 23.5 Å². The Morgan fingerprint density at radius 1 is 1.36 bits per heavy atom. The van der Waals surface area contributed by atoms with Crippen molar-refractivity contribution in [3.63, 3.8) is 0 Å². The number of amides is 2. The molecule has 0 saturated heterocycles. The van der Waals surface area contributed by atoms with Crippen molar-refractivity contribution in [2.45, 2.75) is 51.8 Å². The van der Waals surface area contributed by atoms with Crippen molar-refractivity contribution < 1.29 is 23.9 Å². The number of nitrogens with zero attached hydrogens (tertiary/aromatic N) is 1. The van der Waals surface area contributed by atoms with Gasteiger partial charge in [0.15, 0.2) is 0 Å². The predicted octanol–water partition coefficient (Wildman–Crippen LogP) is 1.43. The van der Waals surface area contributed by atoms with Gasteiger partial charge in [-0.05, 0) is 38.8 Å². The lowest BCUT2D eigenvalue weighted by Crippen LogP contribution is -2.45. The van der Waals surface area contributed by atoms with Crippen LogP contribution in [0, 0.1) is 0 Å². The zero-order chi connectivity index (χ0) is 18.8. The summed E-state index contributed by atoms with van der Waals surface area (Å²) in [5.41, 5.74) is 6.18. The molecule has 1 unspecified atom stereocenters. The molecule has 1 aromatic rings. The third kappa shape index (κ3) is 4.23. The molecule has 0 aliphatic carbocycles. The molecule has 0 aromatic heterocycles. The fraction of sp³-hybridized carbons (Fsp3) is 0.444. The lowest BCUT2D eigenvalue weighted by atomic mass is 10.0. The lowest BCUT2D eigenvalue weighted by Gasteiger charge is -2.25. The van der Waals surface area contributed by atoms with E-state index in [0.29, 0.717) is 23.0 Å². The molecule has 0 fully saturated rings. The highest BCUT2D eigenvalue weighted by atomic mass is 16.6. The Balaban J connectivity index is 2.14. The number of hydrogen-bond acceptors (Lipinski definition) is 5. The van der Waals surface area contributed by atoms with E-state index in [1.165, 1.54) is 4.90 Å². The van der Waals surface area contributed by atoms with Crippen LogP contribution in [0.1, 0.15) is 59.9 Å². The summed E-state index contributed by atoms with van der Waals surface area (Å²) in [7, 11) is 0. The number of rotatable bonds is 6. The molecule has 0 bridgehead atoms. The molecular weight excluding hydrogens is 324 g/mol. The van der Waals surface area contributed by atoms with Gasteiger partial charge in [-0.3, -0.25) is 19.2 Å². The van der Waals surface area contributed by atoms with Crippen LogP contribution in [0.3, 0.4) is 0 Å². The van der Waals surface area contributed by atoms with E-state index in [4.69, 9.17) is 10.5 Å². The Kier molecular flexibility index (Phi) is 5.25. The number of esters is 1. The van der Waals surface area contributed by atoms with Crippen molar-refractivity contribution in [1.82, 2.24) is 4.90 Å². The van der Waals surface area contributed by atoms with Crippen molar-refractivity contribution in [3.05, 3.63) is 34.9 Å². The SMILES string of the molecule is CC(C)(C)OC(=O)CCC(C(N)=O)N1Cc2c(C=O)cccc2C1=O. The quantitative estimate of drug-likeness (QED) is 0.619. The van der Waals surface area contributed by atoms with Crippen molar-refractivity contribution >= 4 is 24.1 Å². The van der Waals surface area contributed by atoms with E-state index in [1.54, 1.807) is 39.0 Å². The topological polar surface area (TPSA) is 107 Å². The Morgan fingerprint density at radius 3 is 2.60 bits per heavy atom. The summed E-state index contributed by atoms with van der Waals surface area (Å²) >= 11 is 0. The minimum absolute atomic E-state index is 0.0362. The second-order valence-electron chi connectivity index (χ2n) is 6.97. The first-order valence-corrected chi connectivity index (χ1v) is 8.03. The molecule has 1 heterocycles. The van der Waals surface area contributed by atoms with Crippen LogP contribution in [0.5, 0.6) is 0 Å². The van der Waals surface area contributed by atoms with Crippen LogP contribution in [0.25, 0.3) is 0 Å².